The van der Waals surface area contributed by atoms with Crippen molar-refractivity contribution in [3.63, 3.8) is 0 Å². The molecule has 0 saturated carbocycles. The Bertz CT molecular complexity index is 1000. The summed E-state index contributed by atoms with van der Waals surface area (Å²) >= 11 is 0. The molecule has 0 fully saturated rings. The van der Waals surface area contributed by atoms with Crippen molar-refractivity contribution in [2.24, 2.45) is 0 Å². The first kappa shape index (κ1) is 21.8. The Morgan fingerprint density at radius 3 is 2.14 bits per heavy atom. The lowest BCUT2D eigenvalue weighted by Crippen LogP contribution is -2.25. The Kier molecular flexibility index (Phi) is 7.66. The Balaban J connectivity index is 2.18. The molecule has 0 radical (unpaired) electrons. The fourth-order valence-corrected chi connectivity index (χ4v) is 3.43. The van der Waals surface area contributed by atoms with Crippen LogP contribution in [0, 0.1) is 0 Å². The zero-order chi connectivity index (χ0) is 21.3. The third-order valence-corrected chi connectivity index (χ3v) is 5.14. The molecular formula is C19H19N3O6S. The van der Waals surface area contributed by atoms with Gasteiger partial charge >= 0.3 is 0 Å². The van der Waals surface area contributed by atoms with E-state index in [0.717, 1.165) is 6.08 Å². The number of anilines is 1. The average molecular weight is 417 g/mol. The van der Waals surface area contributed by atoms with Gasteiger partial charge in [-0.1, -0.05) is 48.6 Å². The van der Waals surface area contributed by atoms with Gasteiger partial charge in [-0.2, -0.15) is 0 Å². The molecule has 0 bridgehead atoms. The van der Waals surface area contributed by atoms with Gasteiger partial charge < -0.3 is 0 Å². The molecule has 0 aromatic heterocycles. The highest BCUT2D eigenvalue weighted by molar-refractivity contribution is 7.92. The normalized spacial score (nSPS) is 12.6. The number of nitrogens with one attached hydrogen (secondary N) is 3. The Morgan fingerprint density at radius 2 is 1.55 bits per heavy atom. The van der Waals surface area contributed by atoms with Gasteiger partial charge in [0.1, 0.15) is 0 Å². The summed E-state index contributed by atoms with van der Waals surface area (Å²) in [7, 11) is -3.75. The van der Waals surface area contributed by atoms with Crippen LogP contribution >= 0.6 is 0 Å². The smallest absolute Gasteiger partial charge is 0.267 e. The molecule has 0 aliphatic heterocycles. The molecule has 2 aromatic rings. The second-order valence-corrected chi connectivity index (χ2v) is 7.40. The molecule has 2 aromatic carbocycles. The van der Waals surface area contributed by atoms with Crippen LogP contribution in [0.1, 0.15) is 11.5 Å². The molecule has 0 spiro atoms. The lowest BCUT2D eigenvalue weighted by molar-refractivity contribution is -0.129. The van der Waals surface area contributed by atoms with Crippen LogP contribution in [-0.4, -0.2) is 30.6 Å². The van der Waals surface area contributed by atoms with E-state index in [1.807, 2.05) is 0 Å². The Morgan fingerprint density at radius 1 is 0.897 bits per heavy atom. The maximum absolute atomic E-state index is 12.4. The van der Waals surface area contributed by atoms with Crippen molar-refractivity contribution in [1.29, 1.82) is 0 Å². The van der Waals surface area contributed by atoms with E-state index in [1.54, 1.807) is 23.7 Å². The maximum atomic E-state index is 12.4. The summed E-state index contributed by atoms with van der Waals surface area (Å²) in [6.07, 6.45) is 5.13. The molecule has 1 unspecified atom stereocenters. The van der Waals surface area contributed by atoms with E-state index in [0.29, 0.717) is 11.3 Å². The Labute approximate surface area is 167 Å². The third-order valence-electron chi connectivity index (χ3n) is 3.74. The lowest BCUT2D eigenvalue weighted by atomic mass is 9.97. The molecular weight excluding hydrogens is 398 g/mol. The van der Waals surface area contributed by atoms with Crippen molar-refractivity contribution in [3.8, 4) is 0 Å². The molecule has 0 aliphatic carbocycles. The van der Waals surface area contributed by atoms with Crippen LogP contribution in [0.4, 0.5) is 5.69 Å². The van der Waals surface area contributed by atoms with E-state index in [1.165, 1.54) is 60.1 Å². The van der Waals surface area contributed by atoms with Crippen molar-refractivity contribution in [3.05, 3.63) is 84.5 Å². The van der Waals surface area contributed by atoms with Crippen LogP contribution in [0.5, 0.6) is 0 Å². The minimum atomic E-state index is -3.75. The molecule has 5 N–H and O–H groups in total. The SMILES string of the molecule is O=C(/C=C/C=C/C(C(=O)NO)c1ccc(NS(=O)(=O)c2ccccc2)cc1)NO. The van der Waals surface area contributed by atoms with E-state index in [2.05, 4.69) is 4.72 Å². The van der Waals surface area contributed by atoms with Crippen LogP contribution in [-0.2, 0) is 19.6 Å². The number of allylic oxidation sites excluding steroid dienone is 2. The Hall–Kier alpha value is -3.47. The first-order valence-electron chi connectivity index (χ1n) is 8.28. The van der Waals surface area contributed by atoms with E-state index < -0.39 is 27.8 Å². The summed E-state index contributed by atoms with van der Waals surface area (Å²) in [5.74, 6) is -2.37. The highest BCUT2D eigenvalue weighted by Crippen LogP contribution is 2.22. The number of amides is 2. The van der Waals surface area contributed by atoms with Crippen molar-refractivity contribution < 1.29 is 28.4 Å². The third kappa shape index (κ3) is 6.28. The van der Waals surface area contributed by atoms with Crippen LogP contribution in [0.15, 0.2) is 83.8 Å². The number of sulfonamides is 1. The quantitative estimate of drug-likeness (QED) is 0.191. The summed E-state index contributed by atoms with van der Waals surface area (Å²) < 4.78 is 27.1. The molecule has 2 amide bonds. The van der Waals surface area contributed by atoms with E-state index in [4.69, 9.17) is 10.4 Å². The van der Waals surface area contributed by atoms with Gasteiger partial charge in [-0.15, -0.1) is 0 Å². The minimum Gasteiger partial charge on any atom is -0.289 e. The highest BCUT2D eigenvalue weighted by atomic mass is 32.2. The van der Waals surface area contributed by atoms with Crippen molar-refractivity contribution in [1.82, 2.24) is 11.0 Å². The number of benzene rings is 2. The van der Waals surface area contributed by atoms with Crippen LogP contribution in [0.3, 0.4) is 0 Å². The molecule has 1 atom stereocenters. The summed E-state index contributed by atoms with van der Waals surface area (Å²) in [4.78, 5) is 23.0. The van der Waals surface area contributed by atoms with Crippen LogP contribution < -0.4 is 15.7 Å². The lowest BCUT2D eigenvalue weighted by Gasteiger charge is -2.13. The van der Waals surface area contributed by atoms with Gasteiger partial charge in [0.05, 0.1) is 10.8 Å². The predicted molar refractivity (Wildman–Crippen MR) is 105 cm³/mol. The molecule has 29 heavy (non-hydrogen) atoms. The summed E-state index contributed by atoms with van der Waals surface area (Å²) in [5, 5.41) is 17.3. The number of hydroxylamine groups is 2. The van der Waals surface area contributed by atoms with E-state index >= 15 is 0 Å². The largest absolute Gasteiger partial charge is 0.289 e. The minimum absolute atomic E-state index is 0.114. The molecule has 0 aliphatic rings. The molecule has 10 heteroatoms. The number of carbonyl (C=O) groups is 2. The summed E-state index contributed by atoms with van der Waals surface area (Å²) in [6, 6.07) is 13.9. The predicted octanol–water partition coefficient (Wildman–Crippen LogP) is 1.69. The van der Waals surface area contributed by atoms with Gasteiger partial charge in [0.15, 0.2) is 0 Å². The highest BCUT2D eigenvalue weighted by Gasteiger charge is 2.18. The first-order chi connectivity index (χ1) is 13.9. The van der Waals surface area contributed by atoms with Gasteiger partial charge in [0, 0.05) is 11.8 Å². The number of hydrogen-bond acceptors (Lipinski definition) is 6. The second-order valence-electron chi connectivity index (χ2n) is 5.71. The molecule has 2 rings (SSSR count). The first-order valence-corrected chi connectivity index (χ1v) is 9.76. The molecule has 152 valence electrons. The van der Waals surface area contributed by atoms with Gasteiger partial charge in [-0.3, -0.25) is 24.7 Å². The van der Waals surface area contributed by atoms with Gasteiger partial charge in [0.2, 0.25) is 0 Å². The fourth-order valence-electron chi connectivity index (χ4n) is 2.35. The van der Waals surface area contributed by atoms with E-state index in [9.17, 15) is 18.0 Å². The van der Waals surface area contributed by atoms with Crippen LogP contribution in [0.2, 0.25) is 0 Å². The number of hydrogen-bond donors (Lipinski definition) is 5. The number of rotatable bonds is 8. The average Bonchev–Trinajstić information content (AvgIpc) is 2.74. The maximum Gasteiger partial charge on any atom is 0.267 e. The molecule has 0 saturated heterocycles. The summed E-state index contributed by atoms with van der Waals surface area (Å²) in [5.41, 5.74) is 3.74. The van der Waals surface area contributed by atoms with Crippen molar-refractivity contribution in [2.75, 3.05) is 4.72 Å². The van der Waals surface area contributed by atoms with E-state index in [-0.39, 0.29) is 4.90 Å². The topological polar surface area (TPSA) is 145 Å². The van der Waals surface area contributed by atoms with Crippen LogP contribution in [0.25, 0.3) is 0 Å². The second kappa shape index (κ2) is 10.2. The van der Waals surface area contributed by atoms with Crippen molar-refractivity contribution >= 4 is 27.5 Å². The van der Waals surface area contributed by atoms with Gasteiger partial charge in [-0.25, -0.2) is 19.4 Å². The zero-order valence-electron chi connectivity index (χ0n) is 15.0. The zero-order valence-corrected chi connectivity index (χ0v) is 15.8. The fraction of sp³-hybridized carbons (Fsp3) is 0.0526. The van der Waals surface area contributed by atoms with Gasteiger partial charge in [-0.05, 0) is 29.8 Å². The molecule has 0 heterocycles. The number of carbonyl (C=O) groups excluding carboxylic acids is 2. The van der Waals surface area contributed by atoms with Crippen molar-refractivity contribution in [2.45, 2.75) is 10.8 Å². The van der Waals surface area contributed by atoms with Gasteiger partial charge in [0.25, 0.3) is 21.8 Å². The standard InChI is InChI=1S/C19H19N3O6S/c23-18(20-25)9-5-4-8-17(19(24)21-26)14-10-12-15(13-11-14)22-29(27,28)16-6-2-1-3-7-16/h1-13,17,22,25-26H,(H,20,23)(H,21,24)/b8-4+,9-5+. The molecule has 9 nitrogen and oxygen atoms in total. The summed E-state index contributed by atoms with van der Waals surface area (Å²) in [6.45, 7) is 0. The monoisotopic (exact) mass is 417 g/mol.